The van der Waals surface area contributed by atoms with Crippen LogP contribution in [0, 0.1) is 0 Å². The van der Waals surface area contributed by atoms with Gasteiger partial charge in [-0.15, -0.1) is 0 Å². The average molecular weight is 388 g/mol. The van der Waals surface area contributed by atoms with Crippen molar-refractivity contribution in [1.82, 2.24) is 24.8 Å². The summed E-state index contributed by atoms with van der Waals surface area (Å²) in [7, 11) is 0. The molecule has 7 heteroatoms. The molecule has 4 aromatic heterocycles. The average Bonchev–Trinajstić information content (AvgIpc) is 3.21. The van der Waals surface area contributed by atoms with Gasteiger partial charge in [-0.3, -0.25) is 14.7 Å². The molecule has 4 aromatic rings. The van der Waals surface area contributed by atoms with E-state index in [1.165, 1.54) is 0 Å². The fourth-order valence-electron chi connectivity index (χ4n) is 4.01. The van der Waals surface area contributed by atoms with Crippen LogP contribution in [0.15, 0.2) is 47.5 Å². The van der Waals surface area contributed by atoms with Crippen LogP contribution < -0.4 is 10.5 Å². The number of aromatic amines is 2. The molecule has 0 saturated carbocycles. The first-order valence-corrected chi connectivity index (χ1v) is 10.1. The Bertz CT molecular complexity index is 1220. The Hall–Kier alpha value is -3.19. The second kappa shape index (κ2) is 7.33. The van der Waals surface area contributed by atoms with Crippen LogP contribution in [0.3, 0.4) is 0 Å². The van der Waals surface area contributed by atoms with Crippen molar-refractivity contribution in [2.75, 3.05) is 31.1 Å². The van der Waals surface area contributed by atoms with Crippen molar-refractivity contribution < 1.29 is 0 Å². The minimum Gasteiger partial charge on any atom is -0.354 e. The molecule has 2 N–H and O–H groups in total. The third-order valence-electron chi connectivity index (χ3n) is 5.70. The van der Waals surface area contributed by atoms with Gasteiger partial charge in [-0.25, -0.2) is 4.98 Å². The number of hydrogen-bond acceptors (Lipinski definition) is 5. The Kier molecular flexibility index (Phi) is 4.52. The lowest BCUT2D eigenvalue weighted by atomic mass is 10.1. The summed E-state index contributed by atoms with van der Waals surface area (Å²) in [5, 5.41) is 1.14. The molecule has 5 heterocycles. The van der Waals surface area contributed by atoms with E-state index in [1.54, 1.807) is 0 Å². The monoisotopic (exact) mass is 388 g/mol. The van der Waals surface area contributed by atoms with Crippen molar-refractivity contribution in [2.24, 2.45) is 0 Å². The molecule has 0 bridgehead atoms. The first kappa shape index (κ1) is 17.9. The Balaban J connectivity index is 1.27. The van der Waals surface area contributed by atoms with Gasteiger partial charge in [0.2, 0.25) is 0 Å². The molecule has 0 spiro atoms. The number of aromatic nitrogens is 4. The molecule has 5 rings (SSSR count). The third kappa shape index (κ3) is 3.49. The summed E-state index contributed by atoms with van der Waals surface area (Å²) in [5.74, 6) is 1.02. The molecular formula is C22H24N6O. The maximum atomic E-state index is 12.1. The first-order chi connectivity index (χ1) is 14.2. The lowest BCUT2D eigenvalue weighted by Gasteiger charge is -2.35. The highest BCUT2D eigenvalue weighted by molar-refractivity contribution is 5.77. The normalized spacial score (nSPS) is 15.4. The van der Waals surface area contributed by atoms with Gasteiger partial charge in [0.05, 0.1) is 11.0 Å². The van der Waals surface area contributed by atoms with Crippen LogP contribution in [0.1, 0.15) is 18.1 Å². The third-order valence-corrected chi connectivity index (χ3v) is 5.70. The topological polar surface area (TPSA) is 80.9 Å². The molecule has 7 nitrogen and oxygen atoms in total. The highest BCUT2D eigenvalue weighted by Gasteiger charge is 2.19. The highest BCUT2D eigenvalue weighted by Crippen LogP contribution is 2.19. The Morgan fingerprint density at radius 3 is 2.79 bits per heavy atom. The zero-order valence-corrected chi connectivity index (χ0v) is 16.5. The summed E-state index contributed by atoms with van der Waals surface area (Å²) in [6, 6.07) is 10.2. The number of aryl methyl sites for hydroxylation is 1. The number of nitrogens with zero attached hydrogens (tertiary/aromatic N) is 4. The Morgan fingerprint density at radius 1 is 1.10 bits per heavy atom. The first-order valence-electron chi connectivity index (χ1n) is 10.1. The summed E-state index contributed by atoms with van der Waals surface area (Å²) >= 11 is 0. The second-order valence-corrected chi connectivity index (χ2v) is 7.60. The smallest absolute Gasteiger partial charge is 0.251 e. The molecule has 1 aliphatic rings. The van der Waals surface area contributed by atoms with Crippen LogP contribution in [0.5, 0.6) is 0 Å². The molecule has 29 heavy (non-hydrogen) atoms. The number of pyridine rings is 3. The van der Waals surface area contributed by atoms with Crippen molar-refractivity contribution in [2.45, 2.75) is 19.9 Å². The van der Waals surface area contributed by atoms with E-state index in [-0.39, 0.29) is 5.56 Å². The summed E-state index contributed by atoms with van der Waals surface area (Å²) in [6.07, 6.45) is 4.56. The van der Waals surface area contributed by atoms with Crippen LogP contribution in [-0.4, -0.2) is 51.0 Å². The van der Waals surface area contributed by atoms with E-state index in [0.717, 1.165) is 71.7 Å². The predicted octanol–water partition coefficient (Wildman–Crippen LogP) is 2.68. The molecule has 0 radical (unpaired) electrons. The SMILES string of the molecule is CCc1cc2ncc(CN3CCN(c4ccc5cc[nH]c5n4)CC3)cc2[nH]c1=O. The van der Waals surface area contributed by atoms with E-state index in [9.17, 15) is 4.79 Å². The van der Waals surface area contributed by atoms with Crippen molar-refractivity contribution in [1.29, 1.82) is 0 Å². The summed E-state index contributed by atoms with van der Waals surface area (Å²) in [4.78, 5) is 32.3. The van der Waals surface area contributed by atoms with Gasteiger partial charge in [0, 0.05) is 56.1 Å². The quantitative estimate of drug-likeness (QED) is 0.562. The second-order valence-electron chi connectivity index (χ2n) is 7.60. The molecule has 1 saturated heterocycles. The van der Waals surface area contributed by atoms with Gasteiger partial charge >= 0.3 is 0 Å². The molecular weight excluding hydrogens is 364 g/mol. The number of piperazine rings is 1. The fraction of sp³-hybridized carbons (Fsp3) is 0.318. The Morgan fingerprint density at radius 2 is 1.97 bits per heavy atom. The number of fused-ring (bicyclic) bond motifs is 2. The molecule has 0 aliphatic carbocycles. The predicted molar refractivity (Wildman–Crippen MR) is 115 cm³/mol. The molecule has 0 aromatic carbocycles. The van der Waals surface area contributed by atoms with E-state index < -0.39 is 0 Å². The lowest BCUT2D eigenvalue weighted by Crippen LogP contribution is -2.46. The lowest BCUT2D eigenvalue weighted by molar-refractivity contribution is 0.249. The molecule has 0 atom stereocenters. The maximum absolute atomic E-state index is 12.1. The number of rotatable bonds is 4. The summed E-state index contributed by atoms with van der Waals surface area (Å²) in [6.45, 7) is 6.63. The zero-order valence-electron chi connectivity index (χ0n) is 16.5. The number of H-pyrrole nitrogens is 2. The van der Waals surface area contributed by atoms with Gasteiger partial charge in [0.1, 0.15) is 11.5 Å². The number of nitrogens with one attached hydrogen (secondary N) is 2. The minimum atomic E-state index is -0.0147. The molecule has 148 valence electrons. The van der Waals surface area contributed by atoms with E-state index in [2.05, 4.69) is 43.0 Å². The van der Waals surface area contributed by atoms with E-state index in [4.69, 9.17) is 4.98 Å². The fourth-order valence-corrected chi connectivity index (χ4v) is 4.01. The van der Waals surface area contributed by atoms with Crippen molar-refractivity contribution >= 4 is 27.9 Å². The highest BCUT2D eigenvalue weighted by atomic mass is 16.1. The van der Waals surface area contributed by atoms with Gasteiger partial charge in [-0.05, 0) is 42.3 Å². The Labute approximate surface area is 168 Å². The van der Waals surface area contributed by atoms with Crippen LogP contribution in [0.25, 0.3) is 22.1 Å². The molecule has 0 amide bonds. The van der Waals surface area contributed by atoms with Crippen LogP contribution in [0.4, 0.5) is 5.82 Å². The van der Waals surface area contributed by atoms with Gasteiger partial charge in [0.25, 0.3) is 5.56 Å². The largest absolute Gasteiger partial charge is 0.354 e. The molecule has 0 unspecified atom stereocenters. The van der Waals surface area contributed by atoms with Gasteiger partial charge in [-0.2, -0.15) is 0 Å². The molecule has 1 aliphatic heterocycles. The van der Waals surface area contributed by atoms with Gasteiger partial charge in [-0.1, -0.05) is 6.92 Å². The van der Waals surface area contributed by atoms with Gasteiger partial charge in [0.15, 0.2) is 0 Å². The standard InChI is InChI=1S/C22H24N6O/c1-2-16-12-18-19(25-22(16)29)11-15(13-24-18)14-27-7-9-28(10-8-27)20-4-3-17-5-6-23-21(17)26-20/h3-6,11-13H,2,7-10,14H2,1H3,(H,23,26)(H,25,29). The van der Waals surface area contributed by atoms with Crippen LogP contribution >= 0.6 is 0 Å². The van der Waals surface area contributed by atoms with Crippen LogP contribution in [-0.2, 0) is 13.0 Å². The zero-order chi connectivity index (χ0) is 19.8. The van der Waals surface area contributed by atoms with Crippen LogP contribution in [0.2, 0.25) is 0 Å². The number of hydrogen-bond donors (Lipinski definition) is 2. The maximum Gasteiger partial charge on any atom is 0.251 e. The minimum absolute atomic E-state index is 0.0147. The molecule has 1 fully saturated rings. The van der Waals surface area contributed by atoms with Crippen molar-refractivity contribution in [3.63, 3.8) is 0 Å². The summed E-state index contributed by atoms with van der Waals surface area (Å²) in [5.41, 5.74) is 4.48. The van der Waals surface area contributed by atoms with E-state index in [1.807, 2.05) is 31.5 Å². The van der Waals surface area contributed by atoms with E-state index in [0.29, 0.717) is 6.42 Å². The van der Waals surface area contributed by atoms with Crippen molar-refractivity contribution in [3.05, 3.63) is 64.2 Å². The van der Waals surface area contributed by atoms with E-state index >= 15 is 0 Å². The van der Waals surface area contributed by atoms with Gasteiger partial charge < -0.3 is 14.9 Å². The number of anilines is 1. The van der Waals surface area contributed by atoms with Crippen molar-refractivity contribution in [3.8, 4) is 0 Å². The summed E-state index contributed by atoms with van der Waals surface area (Å²) < 4.78 is 0.